The fourth-order valence-electron chi connectivity index (χ4n) is 4.70. The van der Waals surface area contributed by atoms with Crippen LogP contribution in [0.5, 0.6) is 0 Å². The van der Waals surface area contributed by atoms with Gasteiger partial charge in [-0.15, -0.1) is 0 Å². The molecule has 1 atom stereocenters. The minimum absolute atomic E-state index is 0.128. The predicted molar refractivity (Wildman–Crippen MR) is 119 cm³/mol. The monoisotopic (exact) mass is 405 g/mol. The Labute approximate surface area is 178 Å². The second-order valence-electron chi connectivity index (χ2n) is 8.48. The van der Waals surface area contributed by atoms with Crippen molar-refractivity contribution in [1.82, 2.24) is 25.0 Å². The average Bonchev–Trinajstić information content (AvgIpc) is 3.25. The fourth-order valence-corrected chi connectivity index (χ4v) is 4.70. The molecule has 6 nitrogen and oxygen atoms in total. The molecular formula is C24H31N5O. The summed E-state index contributed by atoms with van der Waals surface area (Å²) >= 11 is 0. The molecule has 1 aliphatic heterocycles. The van der Waals surface area contributed by atoms with E-state index in [2.05, 4.69) is 46.5 Å². The van der Waals surface area contributed by atoms with E-state index < -0.39 is 0 Å². The molecule has 0 spiro atoms. The Morgan fingerprint density at radius 3 is 2.70 bits per heavy atom. The molecule has 0 aliphatic carbocycles. The highest BCUT2D eigenvalue weighted by molar-refractivity contribution is 5.84. The van der Waals surface area contributed by atoms with Crippen LogP contribution in [-0.4, -0.2) is 44.7 Å². The summed E-state index contributed by atoms with van der Waals surface area (Å²) in [7, 11) is 1.93. The zero-order valence-corrected chi connectivity index (χ0v) is 18.4. The van der Waals surface area contributed by atoms with Gasteiger partial charge in [0, 0.05) is 50.2 Å². The molecule has 1 aromatic carbocycles. The van der Waals surface area contributed by atoms with Crippen LogP contribution in [0.2, 0.25) is 0 Å². The molecule has 3 heterocycles. The first-order valence-electron chi connectivity index (χ1n) is 10.8. The van der Waals surface area contributed by atoms with Crippen LogP contribution < -0.4 is 5.32 Å². The Kier molecular flexibility index (Phi) is 5.86. The van der Waals surface area contributed by atoms with Gasteiger partial charge in [0.2, 0.25) is 5.91 Å². The topological polar surface area (TPSA) is 63.1 Å². The van der Waals surface area contributed by atoms with E-state index in [4.69, 9.17) is 4.98 Å². The summed E-state index contributed by atoms with van der Waals surface area (Å²) in [6, 6.07) is 10.8. The number of pyridine rings is 1. The van der Waals surface area contributed by atoms with Gasteiger partial charge in [-0.05, 0) is 50.3 Å². The van der Waals surface area contributed by atoms with Crippen molar-refractivity contribution in [2.45, 2.75) is 52.6 Å². The van der Waals surface area contributed by atoms with Crippen LogP contribution in [0, 0.1) is 20.8 Å². The number of aryl methyl sites for hydroxylation is 4. The normalized spacial score (nSPS) is 17.0. The highest BCUT2D eigenvalue weighted by Crippen LogP contribution is 2.26. The quantitative estimate of drug-likeness (QED) is 0.684. The highest BCUT2D eigenvalue weighted by Gasteiger charge is 2.24. The van der Waals surface area contributed by atoms with E-state index in [1.807, 2.05) is 31.6 Å². The molecule has 2 aromatic heterocycles. The van der Waals surface area contributed by atoms with Crippen molar-refractivity contribution in [3.63, 3.8) is 0 Å². The number of benzene rings is 1. The van der Waals surface area contributed by atoms with Crippen LogP contribution in [0.15, 0.2) is 30.3 Å². The Balaban J connectivity index is 1.34. The molecule has 158 valence electrons. The van der Waals surface area contributed by atoms with Crippen molar-refractivity contribution in [3.05, 3.63) is 58.4 Å². The number of hydrogen-bond donors (Lipinski definition) is 1. The van der Waals surface area contributed by atoms with Crippen LogP contribution >= 0.6 is 0 Å². The van der Waals surface area contributed by atoms with Gasteiger partial charge in [-0.25, -0.2) is 4.98 Å². The molecule has 3 aromatic rings. The number of carbonyl (C=O) groups is 1. The Bertz CT molecular complexity index is 1060. The number of hydrogen-bond acceptors (Lipinski definition) is 4. The first-order chi connectivity index (χ1) is 14.4. The third-order valence-electron chi connectivity index (χ3n) is 6.22. The standard InChI is InChI=1S/C24H31N5O/c1-16-21(17(2)25-24-23(16)18(3)27-28(24)4)10-11-22(30)26-20-12-13-29(15-20)14-19-8-6-5-7-9-19/h5-9,20H,10-15H2,1-4H3,(H,26,30). The number of likely N-dealkylation sites (tertiary alicyclic amines) is 1. The molecule has 4 rings (SSSR count). The molecule has 1 amide bonds. The summed E-state index contributed by atoms with van der Waals surface area (Å²) in [6.45, 7) is 9.06. The maximum Gasteiger partial charge on any atom is 0.220 e. The van der Waals surface area contributed by atoms with Crippen molar-refractivity contribution in [3.8, 4) is 0 Å². The Morgan fingerprint density at radius 2 is 1.93 bits per heavy atom. The molecular weight excluding hydrogens is 374 g/mol. The zero-order chi connectivity index (χ0) is 21.3. The summed E-state index contributed by atoms with van der Waals surface area (Å²) in [4.78, 5) is 19.8. The van der Waals surface area contributed by atoms with E-state index in [0.717, 1.165) is 48.5 Å². The third kappa shape index (κ3) is 4.24. The van der Waals surface area contributed by atoms with E-state index in [1.165, 1.54) is 16.7 Å². The van der Waals surface area contributed by atoms with Gasteiger partial charge in [-0.3, -0.25) is 14.4 Å². The van der Waals surface area contributed by atoms with Crippen LogP contribution in [0.1, 0.15) is 40.9 Å². The highest BCUT2D eigenvalue weighted by atomic mass is 16.1. The van der Waals surface area contributed by atoms with Gasteiger partial charge in [0.15, 0.2) is 5.65 Å². The number of rotatable bonds is 6. The molecule has 0 radical (unpaired) electrons. The minimum atomic E-state index is 0.128. The smallest absolute Gasteiger partial charge is 0.220 e. The molecule has 1 unspecified atom stereocenters. The van der Waals surface area contributed by atoms with Gasteiger partial charge < -0.3 is 5.32 Å². The number of fused-ring (bicyclic) bond motifs is 1. The maximum absolute atomic E-state index is 12.6. The van der Waals surface area contributed by atoms with Gasteiger partial charge in [0.25, 0.3) is 0 Å². The SMILES string of the molecule is Cc1nc2c(c(C)nn2C)c(C)c1CCC(=O)NC1CCN(Cc2ccccc2)C1. The molecule has 30 heavy (non-hydrogen) atoms. The van der Waals surface area contributed by atoms with Crippen LogP contribution in [0.4, 0.5) is 0 Å². The summed E-state index contributed by atoms with van der Waals surface area (Å²) in [5.74, 6) is 0.128. The second kappa shape index (κ2) is 8.56. The van der Waals surface area contributed by atoms with Crippen molar-refractivity contribution in [2.24, 2.45) is 7.05 Å². The van der Waals surface area contributed by atoms with Gasteiger partial charge in [0.05, 0.1) is 5.69 Å². The van der Waals surface area contributed by atoms with Crippen molar-refractivity contribution in [1.29, 1.82) is 0 Å². The number of nitrogens with zero attached hydrogens (tertiary/aromatic N) is 4. The van der Waals surface area contributed by atoms with Gasteiger partial charge in [-0.1, -0.05) is 30.3 Å². The largest absolute Gasteiger partial charge is 0.352 e. The molecule has 1 N–H and O–H groups in total. The second-order valence-corrected chi connectivity index (χ2v) is 8.48. The number of nitrogens with one attached hydrogen (secondary N) is 1. The van der Waals surface area contributed by atoms with E-state index >= 15 is 0 Å². The number of amides is 1. The predicted octanol–water partition coefficient (Wildman–Crippen LogP) is 3.22. The Hall–Kier alpha value is -2.73. The Morgan fingerprint density at radius 1 is 1.17 bits per heavy atom. The molecule has 6 heteroatoms. The number of carbonyl (C=O) groups excluding carboxylic acids is 1. The molecule has 1 saturated heterocycles. The van der Waals surface area contributed by atoms with Crippen LogP contribution in [0.25, 0.3) is 11.0 Å². The van der Waals surface area contributed by atoms with Crippen LogP contribution in [0.3, 0.4) is 0 Å². The summed E-state index contributed by atoms with van der Waals surface area (Å²) < 4.78 is 1.84. The molecule has 1 aliphatic rings. The minimum Gasteiger partial charge on any atom is -0.352 e. The number of aromatic nitrogens is 3. The first-order valence-corrected chi connectivity index (χ1v) is 10.8. The van der Waals surface area contributed by atoms with Crippen molar-refractivity contribution < 1.29 is 4.79 Å². The van der Waals surface area contributed by atoms with Gasteiger partial charge in [0.1, 0.15) is 0 Å². The molecule has 0 saturated carbocycles. The summed E-state index contributed by atoms with van der Waals surface area (Å²) in [5.41, 5.74) is 6.60. The lowest BCUT2D eigenvalue weighted by atomic mass is 9.99. The van der Waals surface area contributed by atoms with E-state index in [0.29, 0.717) is 12.8 Å². The third-order valence-corrected chi connectivity index (χ3v) is 6.22. The summed E-state index contributed by atoms with van der Waals surface area (Å²) in [5, 5.41) is 8.86. The van der Waals surface area contributed by atoms with Crippen molar-refractivity contribution in [2.75, 3.05) is 13.1 Å². The van der Waals surface area contributed by atoms with Crippen LogP contribution in [-0.2, 0) is 24.8 Å². The molecule has 1 fully saturated rings. The lowest BCUT2D eigenvalue weighted by Gasteiger charge is -2.17. The van der Waals surface area contributed by atoms with E-state index in [9.17, 15) is 4.79 Å². The van der Waals surface area contributed by atoms with Gasteiger partial charge >= 0.3 is 0 Å². The first kappa shape index (κ1) is 20.5. The fraction of sp³-hybridized carbons (Fsp3) is 0.458. The lowest BCUT2D eigenvalue weighted by molar-refractivity contribution is -0.121. The lowest BCUT2D eigenvalue weighted by Crippen LogP contribution is -2.37. The van der Waals surface area contributed by atoms with Gasteiger partial charge in [-0.2, -0.15) is 5.10 Å². The van der Waals surface area contributed by atoms with Crippen molar-refractivity contribution >= 4 is 16.9 Å². The van der Waals surface area contributed by atoms with E-state index in [-0.39, 0.29) is 11.9 Å². The zero-order valence-electron chi connectivity index (χ0n) is 18.4. The van der Waals surface area contributed by atoms with E-state index in [1.54, 1.807) is 0 Å². The summed E-state index contributed by atoms with van der Waals surface area (Å²) in [6.07, 6.45) is 2.21. The maximum atomic E-state index is 12.6. The molecule has 0 bridgehead atoms. The average molecular weight is 406 g/mol.